The molecule has 0 spiro atoms. The van der Waals surface area contributed by atoms with Crippen LogP contribution in [0.2, 0.25) is 0 Å². The molecule has 30 heavy (non-hydrogen) atoms. The van der Waals surface area contributed by atoms with Crippen LogP contribution in [0.1, 0.15) is 31.1 Å². The van der Waals surface area contributed by atoms with Crippen molar-refractivity contribution < 1.29 is 38.4 Å². The van der Waals surface area contributed by atoms with Gasteiger partial charge in [-0.25, -0.2) is 4.79 Å². The molecule has 0 fully saturated rings. The second-order valence-electron chi connectivity index (χ2n) is 7.09. The lowest BCUT2D eigenvalue weighted by Crippen LogP contribution is -2.29. The molecule has 0 aromatic heterocycles. The monoisotopic (exact) mass is 428 g/mol. The smallest absolute Gasteiger partial charge is 0.412 e. The van der Waals surface area contributed by atoms with Gasteiger partial charge < -0.3 is 34.1 Å². The maximum absolute atomic E-state index is 12.6. The van der Waals surface area contributed by atoms with Crippen molar-refractivity contribution in [2.24, 2.45) is 0 Å². The summed E-state index contributed by atoms with van der Waals surface area (Å²) < 4.78 is 26.3. The molecule has 0 bridgehead atoms. The van der Waals surface area contributed by atoms with Crippen molar-refractivity contribution in [2.75, 3.05) is 59.1 Å². The molecule has 0 heterocycles. The number of rotatable bonds is 12. The summed E-state index contributed by atoms with van der Waals surface area (Å²) in [7, 11) is 2.83. The summed E-state index contributed by atoms with van der Waals surface area (Å²) in [6, 6.07) is 3.02. The molecular formula is C20H32N2O8. The Morgan fingerprint density at radius 3 is 2.03 bits per heavy atom. The highest BCUT2D eigenvalue weighted by molar-refractivity contribution is 6.01. The number of carbonyl (C=O) groups is 2. The van der Waals surface area contributed by atoms with Crippen LogP contribution in [0.5, 0.6) is 11.5 Å². The summed E-state index contributed by atoms with van der Waals surface area (Å²) in [5.41, 5.74) is -0.0906. The number of hydrogen-bond donors (Lipinski definition) is 3. The van der Waals surface area contributed by atoms with Crippen molar-refractivity contribution in [1.29, 1.82) is 0 Å². The minimum atomic E-state index is -0.648. The first kappa shape index (κ1) is 25.5. The first-order valence-corrected chi connectivity index (χ1v) is 9.52. The highest BCUT2D eigenvalue weighted by Crippen LogP contribution is 2.33. The van der Waals surface area contributed by atoms with E-state index in [1.54, 1.807) is 20.8 Å². The van der Waals surface area contributed by atoms with Gasteiger partial charge in [-0.05, 0) is 20.8 Å². The number of ether oxygens (including phenoxy) is 5. The molecule has 0 aliphatic carbocycles. The Morgan fingerprint density at radius 2 is 1.53 bits per heavy atom. The Bertz CT molecular complexity index is 663. The molecule has 3 N–H and O–H groups in total. The van der Waals surface area contributed by atoms with E-state index in [1.165, 1.54) is 26.4 Å². The number of carbonyl (C=O) groups excluding carboxylic acids is 2. The fourth-order valence-corrected chi connectivity index (χ4v) is 2.34. The van der Waals surface area contributed by atoms with Crippen LogP contribution in [-0.2, 0) is 14.2 Å². The standard InChI is InChI=1S/C20H32N2O8/c1-20(2,3)30-19(25)22-14-12-15(26-4)17(16(13-14)27-5)18(24)21-6-8-28-10-11-29-9-7-23/h12-13,23H,6-11H2,1-5H3,(H,21,24)(H,22,25). The topological polar surface area (TPSA) is 125 Å². The van der Waals surface area contributed by atoms with Crippen LogP contribution in [0.25, 0.3) is 0 Å². The Morgan fingerprint density at radius 1 is 0.967 bits per heavy atom. The van der Waals surface area contributed by atoms with Gasteiger partial charge in [0.05, 0.1) is 52.9 Å². The number of benzene rings is 1. The second kappa shape index (κ2) is 12.9. The summed E-state index contributed by atoms with van der Waals surface area (Å²) >= 11 is 0. The maximum Gasteiger partial charge on any atom is 0.412 e. The van der Waals surface area contributed by atoms with E-state index >= 15 is 0 Å². The van der Waals surface area contributed by atoms with Crippen LogP contribution in [-0.4, -0.2) is 76.5 Å². The molecule has 1 aromatic rings. The third-order valence-electron chi connectivity index (χ3n) is 3.52. The summed E-state index contributed by atoms with van der Waals surface area (Å²) in [5.74, 6) is 0.0557. The van der Waals surface area contributed by atoms with Crippen LogP contribution in [0.4, 0.5) is 10.5 Å². The van der Waals surface area contributed by atoms with Gasteiger partial charge in [-0.1, -0.05) is 0 Å². The molecule has 2 amide bonds. The molecule has 0 saturated heterocycles. The fourth-order valence-electron chi connectivity index (χ4n) is 2.34. The maximum atomic E-state index is 12.6. The lowest BCUT2D eigenvalue weighted by Gasteiger charge is -2.20. The number of nitrogens with one attached hydrogen (secondary N) is 2. The van der Waals surface area contributed by atoms with Gasteiger partial charge in [0.15, 0.2) is 0 Å². The molecule has 10 heteroatoms. The van der Waals surface area contributed by atoms with Crippen LogP contribution in [0.15, 0.2) is 12.1 Å². The van der Waals surface area contributed by atoms with E-state index in [2.05, 4.69) is 10.6 Å². The Balaban J connectivity index is 2.72. The van der Waals surface area contributed by atoms with Crippen LogP contribution >= 0.6 is 0 Å². The normalized spacial score (nSPS) is 11.0. The summed E-state index contributed by atoms with van der Waals surface area (Å²) in [4.78, 5) is 24.6. The average molecular weight is 428 g/mol. The van der Waals surface area contributed by atoms with E-state index in [9.17, 15) is 9.59 Å². The third-order valence-corrected chi connectivity index (χ3v) is 3.52. The molecule has 170 valence electrons. The lowest BCUT2D eigenvalue weighted by atomic mass is 10.1. The third kappa shape index (κ3) is 9.29. The molecule has 0 aliphatic heterocycles. The molecule has 0 saturated carbocycles. The molecule has 1 rings (SSSR count). The lowest BCUT2D eigenvalue weighted by molar-refractivity contribution is 0.0338. The van der Waals surface area contributed by atoms with E-state index in [4.69, 9.17) is 28.8 Å². The largest absolute Gasteiger partial charge is 0.496 e. The van der Waals surface area contributed by atoms with Gasteiger partial charge in [-0.2, -0.15) is 0 Å². The van der Waals surface area contributed by atoms with Gasteiger partial charge in [0.25, 0.3) is 5.91 Å². The Labute approximate surface area is 176 Å². The Kier molecular flexibility index (Phi) is 10.9. The predicted octanol–water partition coefficient (Wildman–Crippen LogP) is 1.81. The second-order valence-corrected chi connectivity index (χ2v) is 7.09. The molecule has 1 aromatic carbocycles. The van der Waals surface area contributed by atoms with Crippen LogP contribution < -0.4 is 20.1 Å². The molecule has 10 nitrogen and oxygen atoms in total. The summed E-state index contributed by atoms with van der Waals surface area (Å²) in [6.07, 6.45) is -0.635. The molecule has 0 radical (unpaired) electrons. The number of anilines is 1. The number of hydrogen-bond acceptors (Lipinski definition) is 8. The first-order chi connectivity index (χ1) is 14.2. The molecular weight excluding hydrogens is 396 g/mol. The van der Waals surface area contributed by atoms with Crippen molar-refractivity contribution in [3.63, 3.8) is 0 Å². The number of amides is 2. The highest BCUT2D eigenvalue weighted by Gasteiger charge is 2.22. The van der Waals surface area contributed by atoms with Crippen LogP contribution in [0.3, 0.4) is 0 Å². The van der Waals surface area contributed by atoms with Gasteiger partial charge in [-0.3, -0.25) is 10.1 Å². The highest BCUT2D eigenvalue weighted by atomic mass is 16.6. The van der Waals surface area contributed by atoms with Crippen molar-refractivity contribution in [2.45, 2.75) is 26.4 Å². The van der Waals surface area contributed by atoms with Gasteiger partial charge >= 0.3 is 6.09 Å². The molecule has 0 unspecified atom stereocenters. The number of methoxy groups -OCH3 is 2. The van der Waals surface area contributed by atoms with Crippen molar-refractivity contribution in [1.82, 2.24) is 5.32 Å². The van der Waals surface area contributed by atoms with E-state index in [0.29, 0.717) is 18.9 Å². The van der Waals surface area contributed by atoms with E-state index in [1.807, 2.05) is 0 Å². The minimum absolute atomic E-state index is 0.0359. The number of aliphatic hydroxyl groups is 1. The average Bonchev–Trinajstić information content (AvgIpc) is 2.67. The zero-order valence-corrected chi connectivity index (χ0v) is 18.2. The molecule has 0 atom stereocenters. The van der Waals surface area contributed by atoms with E-state index in [-0.39, 0.29) is 43.4 Å². The summed E-state index contributed by atoms with van der Waals surface area (Å²) in [5, 5.41) is 13.9. The zero-order valence-electron chi connectivity index (χ0n) is 18.2. The predicted molar refractivity (Wildman–Crippen MR) is 110 cm³/mol. The SMILES string of the molecule is COc1cc(NC(=O)OC(C)(C)C)cc(OC)c1C(=O)NCCOCCOCCO. The van der Waals surface area contributed by atoms with Gasteiger partial charge in [-0.15, -0.1) is 0 Å². The minimum Gasteiger partial charge on any atom is -0.496 e. The zero-order chi connectivity index (χ0) is 22.6. The van der Waals surface area contributed by atoms with Crippen molar-refractivity contribution in [3.05, 3.63) is 17.7 Å². The van der Waals surface area contributed by atoms with Gasteiger partial charge in [0.1, 0.15) is 22.7 Å². The van der Waals surface area contributed by atoms with Gasteiger partial charge in [0, 0.05) is 18.7 Å². The van der Waals surface area contributed by atoms with Crippen molar-refractivity contribution in [3.8, 4) is 11.5 Å². The summed E-state index contributed by atoms with van der Waals surface area (Å²) in [6.45, 7) is 6.77. The fraction of sp³-hybridized carbons (Fsp3) is 0.600. The first-order valence-electron chi connectivity index (χ1n) is 9.52. The van der Waals surface area contributed by atoms with Gasteiger partial charge in [0.2, 0.25) is 0 Å². The van der Waals surface area contributed by atoms with Crippen LogP contribution in [0, 0.1) is 0 Å². The number of aliphatic hydroxyl groups excluding tert-OH is 1. The van der Waals surface area contributed by atoms with E-state index in [0.717, 1.165) is 0 Å². The van der Waals surface area contributed by atoms with E-state index < -0.39 is 17.6 Å². The quantitative estimate of drug-likeness (QED) is 0.431. The Hall–Kier alpha value is -2.56. The molecule has 0 aliphatic rings. The van der Waals surface area contributed by atoms with Crippen molar-refractivity contribution >= 4 is 17.7 Å².